The zero-order chi connectivity index (χ0) is 25.3. The molecule has 188 valence electrons. The lowest BCUT2D eigenvalue weighted by molar-refractivity contribution is -0.196. The number of rotatable bonds is 4. The summed E-state index contributed by atoms with van der Waals surface area (Å²) in [7, 11) is 0. The summed E-state index contributed by atoms with van der Waals surface area (Å²) < 4.78 is 70.3. The lowest BCUT2D eigenvalue weighted by atomic mass is 9.89. The summed E-state index contributed by atoms with van der Waals surface area (Å²) >= 11 is 5.88. The van der Waals surface area contributed by atoms with Gasteiger partial charge < -0.3 is 20.9 Å². The third kappa shape index (κ3) is 5.42. The Morgan fingerprint density at radius 1 is 1.14 bits per heavy atom. The van der Waals surface area contributed by atoms with Gasteiger partial charge in [0.2, 0.25) is 11.7 Å². The second kappa shape index (κ2) is 9.84. The van der Waals surface area contributed by atoms with E-state index in [0.717, 1.165) is 23.4 Å². The van der Waals surface area contributed by atoms with E-state index in [9.17, 15) is 26.7 Å². The van der Waals surface area contributed by atoms with E-state index in [1.807, 2.05) is 0 Å². The van der Waals surface area contributed by atoms with E-state index in [1.165, 1.54) is 11.0 Å². The number of hydrogen-bond donors (Lipinski definition) is 2. The van der Waals surface area contributed by atoms with Crippen molar-refractivity contribution in [2.24, 2.45) is 5.92 Å². The van der Waals surface area contributed by atoms with Crippen LogP contribution in [0.25, 0.3) is 0 Å². The van der Waals surface area contributed by atoms with Crippen LogP contribution in [-0.2, 0) is 4.79 Å². The number of halogens is 6. The molecule has 3 N–H and O–H groups in total. The van der Waals surface area contributed by atoms with Crippen molar-refractivity contribution in [1.82, 2.24) is 14.9 Å². The van der Waals surface area contributed by atoms with Crippen molar-refractivity contribution in [1.29, 1.82) is 0 Å². The molecule has 4 rings (SSSR count). The van der Waals surface area contributed by atoms with Crippen LogP contribution in [0.2, 0.25) is 5.02 Å². The second-order valence-electron chi connectivity index (χ2n) is 8.40. The van der Waals surface area contributed by atoms with Gasteiger partial charge in [0.25, 0.3) is 0 Å². The van der Waals surface area contributed by atoms with E-state index >= 15 is 0 Å². The Morgan fingerprint density at radius 3 is 2.63 bits per heavy atom. The number of amides is 1. The Morgan fingerprint density at radius 2 is 1.91 bits per heavy atom. The lowest BCUT2D eigenvalue weighted by Gasteiger charge is -2.45. The zero-order valence-electron chi connectivity index (χ0n) is 18.3. The van der Waals surface area contributed by atoms with Crippen molar-refractivity contribution in [2.75, 3.05) is 35.6 Å². The monoisotopic (exact) mass is 516 g/mol. The Labute approximate surface area is 202 Å². The second-order valence-corrected chi connectivity index (χ2v) is 8.84. The summed E-state index contributed by atoms with van der Waals surface area (Å²) in [5.74, 6) is -4.62. The average Bonchev–Trinajstić information content (AvgIpc) is 2.95. The van der Waals surface area contributed by atoms with E-state index in [4.69, 9.17) is 17.3 Å². The molecule has 3 heterocycles. The molecule has 1 saturated heterocycles. The average molecular weight is 517 g/mol. The number of nitrogens with one attached hydrogen (secondary N) is 1. The standard InChI is InChI=1S/C22H22ClF5N6O/c23-12-7-13(24)9-14(8-12)32-16-3-1-2-5-34(21(16)35)17-10-33(6-4-15(17)22(26,27)28)20-18(25)19(29)30-11-31-20/h1-2,7-9,11,15-17,32H,3-6,10H2,(H2,29,30,31)/t15?,16?,17-/m0/s1. The van der Waals surface area contributed by atoms with Crippen molar-refractivity contribution < 1.29 is 26.7 Å². The smallest absolute Gasteiger partial charge is 0.381 e. The van der Waals surface area contributed by atoms with Gasteiger partial charge in [0.05, 0.1) is 12.0 Å². The number of hydrogen-bond acceptors (Lipinski definition) is 6. The van der Waals surface area contributed by atoms with Crippen molar-refractivity contribution in [3.05, 3.63) is 53.3 Å². The van der Waals surface area contributed by atoms with E-state index in [1.54, 1.807) is 12.2 Å². The first-order valence-electron chi connectivity index (χ1n) is 10.8. The van der Waals surface area contributed by atoms with Gasteiger partial charge in [-0.2, -0.15) is 17.6 Å². The minimum Gasteiger partial charge on any atom is -0.381 e. The summed E-state index contributed by atoms with van der Waals surface area (Å²) in [5.41, 5.74) is 5.73. The van der Waals surface area contributed by atoms with Gasteiger partial charge in [0.1, 0.15) is 18.2 Å². The summed E-state index contributed by atoms with van der Waals surface area (Å²) in [4.78, 5) is 23.3. The largest absolute Gasteiger partial charge is 0.393 e. The van der Waals surface area contributed by atoms with Crippen LogP contribution in [0.15, 0.2) is 36.7 Å². The number of anilines is 3. The molecular weight excluding hydrogens is 495 g/mol. The number of benzene rings is 1. The van der Waals surface area contributed by atoms with Crippen LogP contribution in [0.1, 0.15) is 12.8 Å². The summed E-state index contributed by atoms with van der Waals surface area (Å²) in [6.45, 7) is -0.508. The zero-order valence-corrected chi connectivity index (χ0v) is 19.0. The maximum absolute atomic E-state index is 14.5. The molecule has 35 heavy (non-hydrogen) atoms. The van der Waals surface area contributed by atoms with Crippen LogP contribution in [0.5, 0.6) is 0 Å². The number of nitrogens with two attached hydrogens (primary N) is 1. The number of nitrogen functional groups attached to an aromatic ring is 1. The third-order valence-electron chi connectivity index (χ3n) is 6.13. The molecule has 1 amide bonds. The van der Waals surface area contributed by atoms with E-state index in [2.05, 4.69) is 15.3 Å². The number of piperidine rings is 1. The van der Waals surface area contributed by atoms with Gasteiger partial charge in [-0.3, -0.25) is 4.79 Å². The number of alkyl halides is 3. The molecule has 1 aromatic carbocycles. The fraction of sp³-hybridized carbons (Fsp3) is 0.409. The van der Waals surface area contributed by atoms with E-state index in [-0.39, 0.29) is 49.0 Å². The number of carbonyl (C=O) groups excluding carboxylic acids is 1. The molecule has 1 aromatic heterocycles. The molecule has 13 heteroatoms. The summed E-state index contributed by atoms with van der Waals surface area (Å²) in [6.07, 6.45) is -0.480. The first-order valence-corrected chi connectivity index (χ1v) is 11.2. The maximum Gasteiger partial charge on any atom is 0.393 e. The Balaban J connectivity index is 1.63. The molecule has 2 aromatic rings. The Bertz CT molecular complexity index is 1110. The van der Waals surface area contributed by atoms with Crippen LogP contribution in [-0.4, -0.2) is 58.7 Å². The van der Waals surface area contributed by atoms with Gasteiger partial charge in [0, 0.05) is 30.3 Å². The highest BCUT2D eigenvalue weighted by Crippen LogP contribution is 2.39. The van der Waals surface area contributed by atoms with Crippen LogP contribution in [0, 0.1) is 17.6 Å². The predicted molar refractivity (Wildman–Crippen MR) is 121 cm³/mol. The quantitative estimate of drug-likeness (QED) is 0.471. The van der Waals surface area contributed by atoms with Crippen LogP contribution in [0.4, 0.5) is 39.3 Å². The van der Waals surface area contributed by atoms with Gasteiger partial charge in [-0.15, -0.1) is 0 Å². The molecule has 2 aliphatic heterocycles. The summed E-state index contributed by atoms with van der Waals surface area (Å²) in [6, 6.07) is 1.37. The minimum atomic E-state index is -4.59. The molecule has 0 saturated carbocycles. The van der Waals surface area contributed by atoms with Gasteiger partial charge in [-0.05, 0) is 31.0 Å². The molecule has 0 aliphatic carbocycles. The highest BCUT2D eigenvalue weighted by molar-refractivity contribution is 6.30. The van der Waals surface area contributed by atoms with Crippen molar-refractivity contribution in [3.8, 4) is 0 Å². The Hall–Kier alpha value is -3.15. The van der Waals surface area contributed by atoms with Crippen molar-refractivity contribution in [3.63, 3.8) is 0 Å². The molecular formula is C22H22ClF5N6O. The summed E-state index contributed by atoms with van der Waals surface area (Å²) in [5, 5.41) is 2.98. The highest BCUT2D eigenvalue weighted by Gasteiger charge is 2.51. The molecule has 2 aliphatic rings. The van der Waals surface area contributed by atoms with Crippen LogP contribution in [0.3, 0.4) is 0 Å². The molecule has 0 bridgehead atoms. The number of aromatic nitrogens is 2. The maximum atomic E-state index is 14.5. The fourth-order valence-electron chi connectivity index (χ4n) is 4.48. The first-order chi connectivity index (χ1) is 16.5. The van der Waals surface area contributed by atoms with Gasteiger partial charge in [-0.25, -0.2) is 14.4 Å². The lowest BCUT2D eigenvalue weighted by Crippen LogP contribution is -2.60. The van der Waals surface area contributed by atoms with Crippen LogP contribution >= 0.6 is 11.6 Å². The third-order valence-corrected chi connectivity index (χ3v) is 6.34. The molecule has 1 fully saturated rings. The topological polar surface area (TPSA) is 87.4 Å². The highest BCUT2D eigenvalue weighted by atomic mass is 35.5. The Kier molecular flexibility index (Phi) is 7.02. The van der Waals surface area contributed by atoms with E-state index in [0.29, 0.717) is 0 Å². The van der Waals surface area contributed by atoms with Gasteiger partial charge in [0.15, 0.2) is 11.6 Å². The number of nitrogens with zero attached hydrogens (tertiary/aromatic N) is 4. The van der Waals surface area contributed by atoms with Gasteiger partial charge >= 0.3 is 6.18 Å². The van der Waals surface area contributed by atoms with E-state index < -0.39 is 47.5 Å². The fourth-order valence-corrected chi connectivity index (χ4v) is 4.71. The van der Waals surface area contributed by atoms with Crippen LogP contribution < -0.4 is 16.0 Å². The van der Waals surface area contributed by atoms with Gasteiger partial charge in [-0.1, -0.05) is 23.8 Å². The molecule has 0 spiro atoms. The molecule has 7 nitrogen and oxygen atoms in total. The first kappa shape index (κ1) is 25.0. The minimum absolute atomic E-state index is 0.0690. The molecule has 3 atom stereocenters. The molecule has 2 unspecified atom stereocenters. The van der Waals surface area contributed by atoms with Crippen molar-refractivity contribution >= 4 is 34.8 Å². The SMILES string of the molecule is Nc1ncnc(N2CCC(C(F)(F)F)[C@@H](N3CC=CCC(Nc4cc(F)cc(Cl)c4)C3=O)C2)c1F. The molecule has 0 radical (unpaired) electrons. The van der Waals surface area contributed by atoms with Crippen molar-refractivity contribution in [2.45, 2.75) is 31.1 Å². The number of carbonyl (C=O) groups is 1. The normalized spacial score (nSPS) is 23.4. The predicted octanol–water partition coefficient (Wildman–Crippen LogP) is 4.02.